The molecule has 84 valence electrons. The van der Waals surface area contributed by atoms with Gasteiger partial charge in [0.05, 0.1) is 4.88 Å². The Balaban J connectivity index is 2.57. The molecule has 0 aliphatic heterocycles. The van der Waals surface area contributed by atoms with Crippen molar-refractivity contribution in [3.8, 4) is 10.6 Å². The number of aromatic carboxylic acids is 1. The molecule has 2 rings (SSSR count). The van der Waals surface area contributed by atoms with E-state index in [9.17, 15) is 4.79 Å². The summed E-state index contributed by atoms with van der Waals surface area (Å²) in [4.78, 5) is 15.5. The number of carboxylic acids is 1. The average Bonchev–Trinajstić information content (AvgIpc) is 2.82. The third kappa shape index (κ3) is 1.81. The monoisotopic (exact) mass is 258 g/mol. The first-order chi connectivity index (χ1) is 7.63. The molecule has 2 aromatic rings. The number of thiazole rings is 1. The van der Waals surface area contributed by atoms with Crippen LogP contribution in [0.15, 0.2) is 10.7 Å². The number of hydrogen-bond donors (Lipinski definition) is 1. The minimum Gasteiger partial charge on any atom is -0.477 e. The first-order valence-electron chi connectivity index (χ1n) is 4.47. The Bertz CT molecular complexity index is 535. The van der Waals surface area contributed by atoms with Gasteiger partial charge in [0, 0.05) is 12.6 Å². The molecule has 0 spiro atoms. The molecule has 0 unspecified atom stereocenters. The van der Waals surface area contributed by atoms with E-state index in [0.29, 0.717) is 21.5 Å². The van der Waals surface area contributed by atoms with E-state index in [2.05, 4.69) is 10.1 Å². The second kappa shape index (κ2) is 4.23. The average molecular weight is 259 g/mol. The molecule has 0 atom stereocenters. The van der Waals surface area contributed by atoms with E-state index in [0.717, 1.165) is 11.3 Å². The Kier molecular flexibility index (Phi) is 2.93. The third-order valence-electron chi connectivity index (χ3n) is 2.01. The van der Waals surface area contributed by atoms with E-state index < -0.39 is 5.97 Å². The van der Waals surface area contributed by atoms with Crippen molar-refractivity contribution in [3.63, 3.8) is 0 Å². The van der Waals surface area contributed by atoms with Crippen LogP contribution in [-0.2, 0) is 6.42 Å². The number of carboxylic acid groups (broad SMARTS) is 1. The Morgan fingerprint density at radius 3 is 2.94 bits per heavy atom. The van der Waals surface area contributed by atoms with Crippen molar-refractivity contribution >= 4 is 28.9 Å². The van der Waals surface area contributed by atoms with Crippen LogP contribution in [0, 0.1) is 0 Å². The SMILES string of the molecule is CCc1onc(-c2cnc(Cl)s2)c1C(=O)O. The summed E-state index contributed by atoms with van der Waals surface area (Å²) in [6.45, 7) is 1.80. The van der Waals surface area contributed by atoms with Gasteiger partial charge >= 0.3 is 5.97 Å². The van der Waals surface area contributed by atoms with E-state index >= 15 is 0 Å². The second-order valence-electron chi connectivity index (χ2n) is 2.97. The first kappa shape index (κ1) is 11.1. The number of aryl methyl sites for hydroxylation is 1. The van der Waals surface area contributed by atoms with Crippen LogP contribution in [0.2, 0.25) is 4.47 Å². The standard InChI is InChI=1S/C9H7ClN2O3S/c1-2-4-6(8(13)14)7(12-15-4)5-3-11-9(10)16-5/h3H,2H2,1H3,(H,13,14). The fourth-order valence-electron chi connectivity index (χ4n) is 1.32. The highest BCUT2D eigenvalue weighted by Crippen LogP contribution is 2.31. The molecule has 0 aliphatic carbocycles. The highest BCUT2D eigenvalue weighted by Gasteiger charge is 2.23. The van der Waals surface area contributed by atoms with E-state index in [4.69, 9.17) is 21.2 Å². The Morgan fingerprint density at radius 1 is 1.69 bits per heavy atom. The number of aromatic nitrogens is 2. The van der Waals surface area contributed by atoms with Crippen molar-refractivity contribution in [3.05, 3.63) is 22.0 Å². The predicted octanol–water partition coefficient (Wildman–Crippen LogP) is 2.71. The molecular formula is C9H7ClN2O3S. The molecule has 0 fully saturated rings. The van der Waals surface area contributed by atoms with Gasteiger partial charge in [-0.3, -0.25) is 0 Å². The Morgan fingerprint density at radius 2 is 2.44 bits per heavy atom. The van der Waals surface area contributed by atoms with Crippen LogP contribution in [0.3, 0.4) is 0 Å². The maximum atomic E-state index is 11.1. The summed E-state index contributed by atoms with van der Waals surface area (Å²) >= 11 is 6.85. The molecule has 0 saturated carbocycles. The van der Waals surface area contributed by atoms with E-state index in [1.54, 1.807) is 6.92 Å². The second-order valence-corrected chi connectivity index (χ2v) is 4.58. The number of halogens is 1. The van der Waals surface area contributed by atoms with Crippen LogP contribution in [0.5, 0.6) is 0 Å². The lowest BCUT2D eigenvalue weighted by molar-refractivity contribution is 0.0695. The number of carbonyl (C=O) groups is 1. The minimum absolute atomic E-state index is 0.0859. The van der Waals surface area contributed by atoms with Gasteiger partial charge in [0.25, 0.3) is 0 Å². The molecule has 0 saturated heterocycles. The predicted molar refractivity (Wildman–Crippen MR) is 59.0 cm³/mol. The Labute approximate surface area is 99.7 Å². The summed E-state index contributed by atoms with van der Waals surface area (Å²) in [5, 5.41) is 12.8. The molecule has 2 aromatic heterocycles. The summed E-state index contributed by atoms with van der Waals surface area (Å²) in [6.07, 6.45) is 1.96. The van der Waals surface area contributed by atoms with Gasteiger partial charge in [-0.25, -0.2) is 9.78 Å². The zero-order valence-electron chi connectivity index (χ0n) is 8.23. The maximum absolute atomic E-state index is 11.1. The fourth-order valence-corrected chi connectivity index (χ4v) is 2.24. The van der Waals surface area contributed by atoms with Gasteiger partial charge in [-0.15, -0.1) is 11.3 Å². The third-order valence-corrected chi connectivity index (χ3v) is 3.13. The highest BCUT2D eigenvalue weighted by molar-refractivity contribution is 7.18. The fraction of sp³-hybridized carbons (Fsp3) is 0.222. The topological polar surface area (TPSA) is 76.2 Å². The van der Waals surface area contributed by atoms with Gasteiger partial charge in [0.15, 0.2) is 10.2 Å². The van der Waals surface area contributed by atoms with Gasteiger partial charge < -0.3 is 9.63 Å². The molecule has 7 heteroatoms. The minimum atomic E-state index is -1.06. The Hall–Kier alpha value is -1.40. The van der Waals surface area contributed by atoms with Gasteiger partial charge in [-0.1, -0.05) is 23.7 Å². The zero-order valence-corrected chi connectivity index (χ0v) is 9.80. The normalized spacial score (nSPS) is 10.6. The molecule has 0 aromatic carbocycles. The van der Waals surface area contributed by atoms with Crippen molar-refractivity contribution in [2.24, 2.45) is 0 Å². The number of hydrogen-bond acceptors (Lipinski definition) is 5. The summed E-state index contributed by atoms with van der Waals surface area (Å²) in [6, 6.07) is 0. The lowest BCUT2D eigenvalue weighted by Crippen LogP contribution is -2.00. The first-order valence-corrected chi connectivity index (χ1v) is 5.66. The lowest BCUT2D eigenvalue weighted by Gasteiger charge is -1.93. The van der Waals surface area contributed by atoms with Crippen LogP contribution in [0.25, 0.3) is 10.6 Å². The van der Waals surface area contributed by atoms with Crippen LogP contribution in [0.1, 0.15) is 23.0 Å². The summed E-state index contributed by atoms with van der Waals surface area (Å²) in [7, 11) is 0. The van der Waals surface area contributed by atoms with Crippen molar-refractivity contribution in [2.45, 2.75) is 13.3 Å². The maximum Gasteiger partial charge on any atom is 0.341 e. The number of rotatable bonds is 3. The van der Waals surface area contributed by atoms with Crippen LogP contribution < -0.4 is 0 Å². The largest absolute Gasteiger partial charge is 0.477 e. The molecular weight excluding hydrogens is 252 g/mol. The van der Waals surface area contributed by atoms with Gasteiger partial charge in [0.2, 0.25) is 0 Å². The summed E-state index contributed by atoms with van der Waals surface area (Å²) in [5.41, 5.74) is 0.372. The van der Waals surface area contributed by atoms with E-state index in [1.165, 1.54) is 6.20 Å². The zero-order chi connectivity index (χ0) is 11.7. The molecule has 0 bridgehead atoms. The molecule has 16 heavy (non-hydrogen) atoms. The van der Waals surface area contributed by atoms with Crippen LogP contribution in [-0.4, -0.2) is 21.2 Å². The van der Waals surface area contributed by atoms with Gasteiger partial charge in [0.1, 0.15) is 11.3 Å². The van der Waals surface area contributed by atoms with Crippen LogP contribution >= 0.6 is 22.9 Å². The van der Waals surface area contributed by atoms with Gasteiger partial charge in [-0.05, 0) is 0 Å². The van der Waals surface area contributed by atoms with Crippen LogP contribution in [0.4, 0.5) is 0 Å². The molecule has 1 N–H and O–H groups in total. The summed E-state index contributed by atoms with van der Waals surface area (Å²) in [5.74, 6) is -0.704. The molecule has 0 radical (unpaired) electrons. The van der Waals surface area contributed by atoms with Crippen molar-refractivity contribution in [1.29, 1.82) is 0 Å². The number of nitrogens with zero attached hydrogens (tertiary/aromatic N) is 2. The van der Waals surface area contributed by atoms with E-state index in [1.807, 2.05) is 0 Å². The molecule has 0 aliphatic rings. The summed E-state index contributed by atoms with van der Waals surface area (Å²) < 4.78 is 5.32. The quantitative estimate of drug-likeness (QED) is 0.916. The van der Waals surface area contributed by atoms with Gasteiger partial charge in [-0.2, -0.15) is 0 Å². The van der Waals surface area contributed by atoms with E-state index in [-0.39, 0.29) is 11.3 Å². The highest BCUT2D eigenvalue weighted by atomic mass is 35.5. The van der Waals surface area contributed by atoms with Crippen molar-refractivity contribution in [2.75, 3.05) is 0 Å². The molecule has 5 nitrogen and oxygen atoms in total. The van der Waals surface area contributed by atoms with Crippen molar-refractivity contribution < 1.29 is 14.4 Å². The smallest absolute Gasteiger partial charge is 0.341 e. The molecule has 2 heterocycles. The molecule has 0 amide bonds. The lowest BCUT2D eigenvalue weighted by atomic mass is 10.1. The van der Waals surface area contributed by atoms with Crippen molar-refractivity contribution in [1.82, 2.24) is 10.1 Å².